The Morgan fingerprint density at radius 3 is 2.21 bits per heavy atom. The molecule has 4 amide bonds. The highest BCUT2D eigenvalue weighted by Gasteiger charge is 2.33. The molecule has 0 aliphatic heterocycles. The lowest BCUT2D eigenvalue weighted by Crippen LogP contribution is -2.35. The van der Waals surface area contributed by atoms with E-state index in [4.69, 9.17) is 16.0 Å². The SMILES string of the molecule is CN(C)C(=O)c1cccc2oc(C(=O)Nc3ccc(Cl)cn3)c(NC(=O)[C@H]3CC[C@H](C(=O)N(C)C)CC3)c12. The van der Waals surface area contributed by atoms with Gasteiger partial charge in [-0.15, -0.1) is 0 Å². The Balaban J connectivity index is 1.67. The minimum absolute atomic E-state index is 0.0614. The van der Waals surface area contributed by atoms with Gasteiger partial charge in [-0.3, -0.25) is 19.2 Å². The van der Waals surface area contributed by atoms with E-state index in [1.54, 1.807) is 57.4 Å². The van der Waals surface area contributed by atoms with Gasteiger partial charge in [0.2, 0.25) is 17.6 Å². The first kappa shape index (κ1) is 27.1. The summed E-state index contributed by atoms with van der Waals surface area (Å²) in [5, 5.41) is 6.28. The molecule has 1 saturated carbocycles. The standard InChI is InChI=1S/C27H30ClN5O5/c1-32(2)26(36)16-10-8-15(9-11-16)24(34)31-22-21-18(27(37)33(3)4)6-5-7-19(21)38-23(22)25(35)30-20-13-12-17(28)14-29-20/h5-7,12-16H,8-11H2,1-4H3,(H,31,34)(H,29,30,35)/t15-,16-. The second kappa shape index (κ2) is 11.2. The number of amides is 4. The molecule has 2 aromatic heterocycles. The molecule has 0 bridgehead atoms. The van der Waals surface area contributed by atoms with E-state index in [1.165, 1.54) is 17.2 Å². The van der Waals surface area contributed by atoms with Crippen molar-refractivity contribution in [2.24, 2.45) is 11.8 Å². The normalized spacial score (nSPS) is 17.1. The first-order chi connectivity index (χ1) is 18.1. The number of carbonyl (C=O) groups is 4. The Morgan fingerprint density at radius 2 is 1.61 bits per heavy atom. The highest BCUT2D eigenvalue weighted by Crippen LogP contribution is 2.37. The van der Waals surface area contributed by atoms with Crippen LogP contribution >= 0.6 is 11.6 Å². The number of rotatable bonds is 6. The second-order valence-corrected chi connectivity index (χ2v) is 10.2. The van der Waals surface area contributed by atoms with Crippen LogP contribution in [0.3, 0.4) is 0 Å². The molecule has 0 unspecified atom stereocenters. The second-order valence-electron chi connectivity index (χ2n) is 9.77. The zero-order chi connectivity index (χ0) is 27.6. The lowest BCUT2D eigenvalue weighted by atomic mass is 9.81. The predicted molar refractivity (Wildman–Crippen MR) is 144 cm³/mol. The summed E-state index contributed by atoms with van der Waals surface area (Å²) in [6.45, 7) is 0. The smallest absolute Gasteiger partial charge is 0.294 e. The monoisotopic (exact) mass is 539 g/mol. The summed E-state index contributed by atoms with van der Waals surface area (Å²) >= 11 is 5.89. The molecule has 1 aliphatic carbocycles. The average Bonchev–Trinajstić information content (AvgIpc) is 3.27. The molecule has 1 aliphatic rings. The van der Waals surface area contributed by atoms with Gasteiger partial charge < -0.3 is 24.9 Å². The fourth-order valence-corrected chi connectivity index (χ4v) is 4.77. The summed E-state index contributed by atoms with van der Waals surface area (Å²) in [5.41, 5.74) is 0.687. The zero-order valence-electron chi connectivity index (χ0n) is 21.7. The largest absolute Gasteiger partial charge is 0.449 e. The third-order valence-electron chi connectivity index (χ3n) is 6.66. The highest BCUT2D eigenvalue weighted by molar-refractivity contribution is 6.30. The van der Waals surface area contributed by atoms with Crippen LogP contribution in [0.5, 0.6) is 0 Å². The predicted octanol–water partition coefficient (Wildman–Crippen LogP) is 4.27. The van der Waals surface area contributed by atoms with Crippen molar-refractivity contribution in [3.8, 4) is 0 Å². The van der Waals surface area contributed by atoms with Crippen LogP contribution in [-0.2, 0) is 9.59 Å². The van der Waals surface area contributed by atoms with E-state index >= 15 is 0 Å². The Morgan fingerprint density at radius 1 is 0.921 bits per heavy atom. The van der Waals surface area contributed by atoms with Crippen LogP contribution < -0.4 is 10.6 Å². The van der Waals surface area contributed by atoms with Crippen LogP contribution in [0.4, 0.5) is 11.5 Å². The molecule has 3 aromatic rings. The van der Waals surface area contributed by atoms with Gasteiger partial charge in [0.05, 0.1) is 16.0 Å². The van der Waals surface area contributed by atoms with Crippen molar-refractivity contribution in [3.63, 3.8) is 0 Å². The van der Waals surface area contributed by atoms with Gasteiger partial charge in [-0.1, -0.05) is 17.7 Å². The van der Waals surface area contributed by atoms with Crippen LogP contribution in [0.25, 0.3) is 11.0 Å². The van der Waals surface area contributed by atoms with Crippen LogP contribution in [-0.4, -0.2) is 66.6 Å². The van der Waals surface area contributed by atoms with Crippen molar-refractivity contribution in [1.82, 2.24) is 14.8 Å². The van der Waals surface area contributed by atoms with Crippen molar-refractivity contribution < 1.29 is 23.6 Å². The van der Waals surface area contributed by atoms with Gasteiger partial charge in [-0.25, -0.2) is 4.98 Å². The first-order valence-corrected chi connectivity index (χ1v) is 12.7. The van der Waals surface area contributed by atoms with Crippen LogP contribution in [0.15, 0.2) is 40.9 Å². The molecule has 0 atom stereocenters. The zero-order valence-corrected chi connectivity index (χ0v) is 22.5. The summed E-state index contributed by atoms with van der Waals surface area (Å²) in [6.07, 6.45) is 3.66. The molecule has 0 radical (unpaired) electrons. The lowest BCUT2D eigenvalue weighted by Gasteiger charge is -2.28. The van der Waals surface area contributed by atoms with Crippen molar-refractivity contribution in [2.45, 2.75) is 25.7 Å². The third kappa shape index (κ3) is 5.65. The van der Waals surface area contributed by atoms with Gasteiger partial charge in [-0.05, 0) is 49.9 Å². The molecule has 0 saturated heterocycles. The van der Waals surface area contributed by atoms with E-state index in [-0.39, 0.29) is 58.0 Å². The Bertz CT molecular complexity index is 1370. The van der Waals surface area contributed by atoms with E-state index < -0.39 is 5.91 Å². The molecule has 1 fully saturated rings. The fourth-order valence-electron chi connectivity index (χ4n) is 4.66. The molecular weight excluding hydrogens is 510 g/mol. The van der Waals surface area contributed by atoms with E-state index in [0.717, 1.165) is 0 Å². The summed E-state index contributed by atoms with van der Waals surface area (Å²) in [4.78, 5) is 59.1. The minimum atomic E-state index is -0.644. The van der Waals surface area contributed by atoms with E-state index in [9.17, 15) is 19.2 Å². The van der Waals surface area contributed by atoms with Gasteiger partial charge in [0.25, 0.3) is 11.8 Å². The molecule has 0 spiro atoms. The Labute approximate surface area is 225 Å². The number of nitrogens with one attached hydrogen (secondary N) is 2. The maximum absolute atomic E-state index is 13.4. The molecule has 10 nitrogen and oxygen atoms in total. The van der Waals surface area contributed by atoms with Gasteiger partial charge in [0.1, 0.15) is 17.1 Å². The van der Waals surface area contributed by atoms with Gasteiger partial charge in [0, 0.05) is 46.2 Å². The minimum Gasteiger partial charge on any atom is -0.449 e. The van der Waals surface area contributed by atoms with E-state index in [2.05, 4.69) is 15.6 Å². The Kier molecular flexibility index (Phi) is 8.01. The molecule has 1 aromatic carbocycles. The molecule has 4 rings (SSSR count). The Hall–Kier alpha value is -3.92. The molecule has 200 valence electrons. The third-order valence-corrected chi connectivity index (χ3v) is 6.89. The number of carbonyl (C=O) groups excluding carboxylic acids is 4. The number of benzene rings is 1. The number of aromatic nitrogens is 1. The van der Waals surface area contributed by atoms with Gasteiger partial charge in [-0.2, -0.15) is 0 Å². The number of nitrogens with zero attached hydrogens (tertiary/aromatic N) is 3. The van der Waals surface area contributed by atoms with Crippen LogP contribution in [0, 0.1) is 11.8 Å². The number of furan rings is 1. The van der Waals surface area contributed by atoms with Crippen molar-refractivity contribution >= 4 is 57.7 Å². The molecule has 11 heteroatoms. The molecule has 2 N–H and O–H groups in total. The number of hydrogen-bond acceptors (Lipinski definition) is 6. The number of hydrogen-bond donors (Lipinski definition) is 2. The first-order valence-electron chi connectivity index (χ1n) is 12.3. The van der Waals surface area contributed by atoms with Crippen molar-refractivity contribution in [1.29, 1.82) is 0 Å². The van der Waals surface area contributed by atoms with Gasteiger partial charge in [0.15, 0.2) is 0 Å². The lowest BCUT2D eigenvalue weighted by molar-refractivity contribution is -0.135. The molecule has 38 heavy (non-hydrogen) atoms. The number of fused-ring (bicyclic) bond motifs is 1. The topological polar surface area (TPSA) is 125 Å². The van der Waals surface area contributed by atoms with Crippen molar-refractivity contribution in [3.05, 3.63) is 52.9 Å². The summed E-state index contributed by atoms with van der Waals surface area (Å²) in [6, 6.07) is 8.02. The average molecular weight is 540 g/mol. The highest BCUT2D eigenvalue weighted by atomic mass is 35.5. The number of halogens is 1. The fraction of sp³-hybridized carbons (Fsp3) is 0.370. The number of pyridine rings is 1. The van der Waals surface area contributed by atoms with E-state index in [1.807, 2.05) is 0 Å². The maximum Gasteiger partial charge on any atom is 0.294 e. The molecule has 2 heterocycles. The van der Waals surface area contributed by atoms with E-state index in [0.29, 0.717) is 36.1 Å². The quantitative estimate of drug-likeness (QED) is 0.482. The summed E-state index contributed by atoms with van der Waals surface area (Å²) in [5.74, 6) is -1.56. The van der Waals surface area contributed by atoms with Gasteiger partial charge >= 0.3 is 0 Å². The van der Waals surface area contributed by atoms with Crippen LogP contribution in [0.1, 0.15) is 46.6 Å². The van der Waals surface area contributed by atoms with Crippen LogP contribution in [0.2, 0.25) is 5.02 Å². The maximum atomic E-state index is 13.4. The van der Waals surface area contributed by atoms with Crippen molar-refractivity contribution in [2.75, 3.05) is 38.8 Å². The summed E-state index contributed by atoms with van der Waals surface area (Å²) < 4.78 is 5.89. The molecular formula is C27H30ClN5O5. The summed E-state index contributed by atoms with van der Waals surface area (Å²) in [7, 11) is 6.69. The number of anilines is 2.